The molecule has 0 spiro atoms. The second-order valence-corrected chi connectivity index (χ2v) is 6.04. The molecule has 2 N–H and O–H groups in total. The molecule has 0 saturated heterocycles. The van der Waals surface area contributed by atoms with Crippen LogP contribution in [0.15, 0.2) is 11.6 Å². The highest BCUT2D eigenvalue weighted by atomic mass is 16.6. The Morgan fingerprint density at radius 1 is 1.26 bits per heavy atom. The molecule has 0 radical (unpaired) electrons. The average Bonchev–Trinajstić information content (AvgIpc) is 2.32. The van der Waals surface area contributed by atoms with Crippen molar-refractivity contribution in [1.29, 1.82) is 0 Å². The first-order valence-electron chi connectivity index (χ1n) is 7.33. The fourth-order valence-electron chi connectivity index (χ4n) is 2.07. The van der Waals surface area contributed by atoms with E-state index in [0.29, 0.717) is 6.54 Å². The molecule has 0 bridgehead atoms. The SMILES string of the molecule is CC(C)(C)OC(=O)NCCNCCC1=CCCCC1. The highest BCUT2D eigenvalue weighted by molar-refractivity contribution is 5.67. The molecule has 0 unspecified atom stereocenters. The summed E-state index contributed by atoms with van der Waals surface area (Å²) >= 11 is 0. The van der Waals surface area contributed by atoms with Crippen LogP contribution in [0, 0.1) is 0 Å². The standard InChI is InChI=1S/C15H28N2O2/c1-15(2,3)19-14(18)17-12-11-16-10-9-13-7-5-4-6-8-13/h7,16H,4-6,8-12H2,1-3H3,(H,17,18). The zero-order valence-corrected chi connectivity index (χ0v) is 12.6. The molecule has 4 heteroatoms. The molecular weight excluding hydrogens is 240 g/mol. The van der Waals surface area contributed by atoms with Crippen LogP contribution in [-0.4, -0.2) is 31.3 Å². The lowest BCUT2D eigenvalue weighted by Crippen LogP contribution is -2.36. The number of carbonyl (C=O) groups excluding carboxylic acids is 1. The van der Waals surface area contributed by atoms with Crippen LogP contribution in [0.3, 0.4) is 0 Å². The highest BCUT2D eigenvalue weighted by Gasteiger charge is 2.15. The summed E-state index contributed by atoms with van der Waals surface area (Å²) in [5.74, 6) is 0. The van der Waals surface area contributed by atoms with E-state index in [1.165, 1.54) is 25.7 Å². The third kappa shape index (κ3) is 8.65. The van der Waals surface area contributed by atoms with E-state index < -0.39 is 5.60 Å². The number of rotatable bonds is 6. The van der Waals surface area contributed by atoms with Crippen molar-refractivity contribution in [2.75, 3.05) is 19.6 Å². The Balaban J connectivity index is 1.96. The minimum atomic E-state index is -0.426. The average molecular weight is 268 g/mol. The maximum Gasteiger partial charge on any atom is 0.407 e. The summed E-state index contributed by atoms with van der Waals surface area (Å²) in [5.41, 5.74) is 1.16. The molecule has 1 aliphatic rings. The molecule has 0 saturated carbocycles. The lowest BCUT2D eigenvalue weighted by atomic mass is 9.97. The van der Waals surface area contributed by atoms with Crippen LogP contribution in [0.2, 0.25) is 0 Å². The maximum absolute atomic E-state index is 11.4. The number of alkyl carbamates (subject to hydrolysis) is 1. The predicted octanol–water partition coefficient (Wildman–Crippen LogP) is 2.99. The zero-order valence-electron chi connectivity index (χ0n) is 12.6. The van der Waals surface area contributed by atoms with Crippen molar-refractivity contribution in [3.8, 4) is 0 Å². The normalized spacial score (nSPS) is 15.8. The van der Waals surface area contributed by atoms with Crippen molar-refractivity contribution in [2.24, 2.45) is 0 Å². The van der Waals surface area contributed by atoms with E-state index in [2.05, 4.69) is 16.7 Å². The number of allylic oxidation sites excluding steroid dienone is 1. The van der Waals surface area contributed by atoms with Gasteiger partial charge in [0.15, 0.2) is 0 Å². The van der Waals surface area contributed by atoms with Gasteiger partial charge in [-0.3, -0.25) is 0 Å². The summed E-state index contributed by atoms with van der Waals surface area (Å²) in [6.45, 7) is 7.97. The summed E-state index contributed by atoms with van der Waals surface area (Å²) in [5, 5.41) is 6.08. The molecule has 1 rings (SSSR count). The molecule has 1 amide bonds. The minimum absolute atomic E-state index is 0.343. The Morgan fingerprint density at radius 3 is 2.68 bits per heavy atom. The van der Waals surface area contributed by atoms with Gasteiger partial charge in [0, 0.05) is 13.1 Å². The number of ether oxygens (including phenoxy) is 1. The third-order valence-electron chi connectivity index (χ3n) is 2.98. The maximum atomic E-state index is 11.4. The van der Waals surface area contributed by atoms with Crippen LogP contribution in [0.1, 0.15) is 52.9 Å². The van der Waals surface area contributed by atoms with Crippen molar-refractivity contribution in [1.82, 2.24) is 10.6 Å². The Morgan fingerprint density at radius 2 is 2.05 bits per heavy atom. The van der Waals surface area contributed by atoms with Gasteiger partial charge in [0.05, 0.1) is 0 Å². The lowest BCUT2D eigenvalue weighted by molar-refractivity contribution is 0.0528. The fraction of sp³-hybridized carbons (Fsp3) is 0.800. The Hall–Kier alpha value is -1.03. The van der Waals surface area contributed by atoms with Crippen LogP contribution >= 0.6 is 0 Å². The first-order valence-corrected chi connectivity index (χ1v) is 7.33. The molecule has 1 aliphatic carbocycles. The summed E-state index contributed by atoms with van der Waals surface area (Å²) in [6, 6.07) is 0. The van der Waals surface area contributed by atoms with Crippen LogP contribution in [0.5, 0.6) is 0 Å². The largest absolute Gasteiger partial charge is 0.444 e. The minimum Gasteiger partial charge on any atom is -0.444 e. The Bertz CT molecular complexity index is 306. The van der Waals surface area contributed by atoms with Gasteiger partial charge in [-0.25, -0.2) is 4.79 Å². The van der Waals surface area contributed by atoms with Gasteiger partial charge in [-0.15, -0.1) is 0 Å². The monoisotopic (exact) mass is 268 g/mol. The molecular formula is C15H28N2O2. The van der Waals surface area contributed by atoms with E-state index in [1.807, 2.05) is 20.8 Å². The summed E-state index contributed by atoms with van der Waals surface area (Å²) in [7, 11) is 0. The number of hydrogen-bond acceptors (Lipinski definition) is 3. The van der Waals surface area contributed by atoms with Crippen molar-refractivity contribution < 1.29 is 9.53 Å². The number of hydrogen-bond donors (Lipinski definition) is 2. The zero-order chi connectivity index (χ0) is 14.1. The molecule has 110 valence electrons. The number of nitrogens with one attached hydrogen (secondary N) is 2. The van der Waals surface area contributed by atoms with Gasteiger partial charge >= 0.3 is 6.09 Å². The van der Waals surface area contributed by atoms with Crippen molar-refractivity contribution in [3.63, 3.8) is 0 Å². The number of carbonyl (C=O) groups is 1. The molecule has 0 aromatic rings. The molecule has 0 aromatic carbocycles. The summed E-state index contributed by atoms with van der Waals surface area (Å²) < 4.78 is 5.15. The van der Waals surface area contributed by atoms with Crippen molar-refractivity contribution >= 4 is 6.09 Å². The lowest BCUT2D eigenvalue weighted by Gasteiger charge is -2.19. The number of amides is 1. The summed E-state index contributed by atoms with van der Waals surface area (Å²) in [4.78, 5) is 11.4. The van der Waals surface area contributed by atoms with Gasteiger partial charge < -0.3 is 15.4 Å². The molecule has 0 fully saturated rings. The van der Waals surface area contributed by atoms with Gasteiger partial charge in [-0.1, -0.05) is 11.6 Å². The molecule has 0 atom stereocenters. The summed E-state index contributed by atoms with van der Waals surface area (Å²) in [6.07, 6.45) is 8.36. The molecule has 0 aliphatic heterocycles. The van der Waals surface area contributed by atoms with Crippen LogP contribution in [0.25, 0.3) is 0 Å². The second-order valence-electron chi connectivity index (χ2n) is 6.04. The van der Waals surface area contributed by atoms with Gasteiger partial charge in [0.25, 0.3) is 0 Å². The quantitative estimate of drug-likeness (QED) is 0.575. The van der Waals surface area contributed by atoms with Crippen LogP contribution in [0.4, 0.5) is 4.79 Å². The Kier molecular flexibility index (Phi) is 6.92. The van der Waals surface area contributed by atoms with Crippen molar-refractivity contribution in [3.05, 3.63) is 11.6 Å². The van der Waals surface area contributed by atoms with E-state index in [-0.39, 0.29) is 6.09 Å². The fourth-order valence-corrected chi connectivity index (χ4v) is 2.07. The molecule has 0 heterocycles. The van der Waals surface area contributed by atoms with E-state index in [1.54, 1.807) is 5.57 Å². The Labute approximate surface area is 117 Å². The van der Waals surface area contributed by atoms with Crippen LogP contribution < -0.4 is 10.6 Å². The highest BCUT2D eigenvalue weighted by Crippen LogP contribution is 2.19. The predicted molar refractivity (Wildman–Crippen MR) is 78.3 cm³/mol. The van der Waals surface area contributed by atoms with Crippen molar-refractivity contribution in [2.45, 2.75) is 58.5 Å². The van der Waals surface area contributed by atoms with E-state index in [9.17, 15) is 4.79 Å². The molecule has 0 aromatic heterocycles. The first kappa shape index (κ1) is 16.0. The first-order chi connectivity index (χ1) is 8.97. The second kappa shape index (κ2) is 8.20. The molecule has 4 nitrogen and oxygen atoms in total. The van der Waals surface area contributed by atoms with Gasteiger partial charge in [0.1, 0.15) is 5.60 Å². The van der Waals surface area contributed by atoms with E-state index in [4.69, 9.17) is 4.74 Å². The van der Waals surface area contributed by atoms with E-state index in [0.717, 1.165) is 19.5 Å². The molecule has 19 heavy (non-hydrogen) atoms. The third-order valence-corrected chi connectivity index (χ3v) is 2.98. The smallest absolute Gasteiger partial charge is 0.407 e. The van der Waals surface area contributed by atoms with Gasteiger partial charge in [0.2, 0.25) is 0 Å². The van der Waals surface area contributed by atoms with Crippen LogP contribution in [-0.2, 0) is 4.74 Å². The van der Waals surface area contributed by atoms with E-state index >= 15 is 0 Å². The topological polar surface area (TPSA) is 50.4 Å². The van der Waals surface area contributed by atoms with Gasteiger partial charge in [-0.2, -0.15) is 0 Å². The van der Waals surface area contributed by atoms with Gasteiger partial charge in [-0.05, 0) is 59.4 Å².